The quantitative estimate of drug-likeness (QED) is 0.781. The van der Waals surface area contributed by atoms with Gasteiger partial charge in [-0.1, -0.05) is 0 Å². The Morgan fingerprint density at radius 3 is 2.92 bits per heavy atom. The third kappa shape index (κ3) is 2.32. The summed E-state index contributed by atoms with van der Waals surface area (Å²) in [6.45, 7) is 6.24. The van der Waals surface area contributed by atoms with Gasteiger partial charge < -0.3 is 9.72 Å². The number of amides is 1. The number of halogens is 2. The minimum absolute atomic E-state index is 0.310. The third-order valence-electron chi connectivity index (χ3n) is 4.80. The van der Waals surface area contributed by atoms with E-state index in [1.807, 2.05) is 20.8 Å². The van der Waals surface area contributed by atoms with Gasteiger partial charge >= 0.3 is 6.09 Å². The van der Waals surface area contributed by atoms with Crippen molar-refractivity contribution < 1.29 is 13.9 Å². The highest BCUT2D eigenvalue weighted by Gasteiger charge is 2.67. The first kappa shape index (κ1) is 15.9. The number of nitrogens with one attached hydrogen (secondary N) is 1. The summed E-state index contributed by atoms with van der Waals surface area (Å²) in [5, 5.41) is 0. The molecule has 0 unspecified atom stereocenters. The highest BCUT2D eigenvalue weighted by molar-refractivity contribution is 9.10. The molecule has 0 bridgehead atoms. The lowest BCUT2D eigenvalue weighted by molar-refractivity contribution is 0.0162. The van der Waals surface area contributed by atoms with Crippen LogP contribution < -0.4 is 0 Å². The number of H-pyrrole nitrogens is 1. The molecule has 4 rings (SSSR count). The van der Waals surface area contributed by atoms with Crippen LogP contribution in [0.2, 0.25) is 0 Å². The van der Waals surface area contributed by atoms with Gasteiger partial charge in [0.1, 0.15) is 22.8 Å². The molecular weight excluding hydrogens is 377 g/mol. The van der Waals surface area contributed by atoms with Crippen molar-refractivity contribution in [3.63, 3.8) is 0 Å². The number of aromatic amines is 1. The number of fused-ring (bicyclic) bond motifs is 2. The first-order valence-electron chi connectivity index (χ1n) is 8.06. The number of rotatable bonds is 1. The molecule has 2 aromatic rings. The number of nitrogens with zero attached hydrogens (tertiary/aromatic N) is 2. The molecule has 1 saturated heterocycles. The first-order chi connectivity index (χ1) is 11.2. The van der Waals surface area contributed by atoms with Crippen molar-refractivity contribution in [1.82, 2.24) is 14.9 Å². The zero-order chi connectivity index (χ0) is 17.3. The molecule has 2 aliphatic rings. The maximum absolute atomic E-state index is 13.8. The molecule has 1 amide bonds. The Morgan fingerprint density at radius 2 is 2.25 bits per heavy atom. The van der Waals surface area contributed by atoms with E-state index in [2.05, 4.69) is 25.9 Å². The smallest absolute Gasteiger partial charge is 0.411 e. The summed E-state index contributed by atoms with van der Waals surface area (Å²) in [5.74, 6) is 0.778. The number of hydrogen-bond acceptors (Lipinski definition) is 3. The van der Waals surface area contributed by atoms with Crippen LogP contribution in [-0.2, 0) is 10.3 Å². The molecule has 2 heterocycles. The molecule has 1 aromatic heterocycles. The lowest BCUT2D eigenvalue weighted by Gasteiger charge is -2.30. The molecule has 1 aliphatic carbocycles. The zero-order valence-corrected chi connectivity index (χ0v) is 15.4. The Kier molecular flexibility index (Phi) is 3.27. The standard InChI is InChI=1S/C17H19BrFN3O2/c1-16(2,3)24-15(23)22-5-4-9-8-17(9,22)14-20-12-6-10(18)11(19)7-13(12)21-14/h6-7,9H,4-5,8H2,1-3H3,(H,20,21)/t9-,17+/m1/s1. The molecule has 2 fully saturated rings. The fraction of sp³-hybridized carbons (Fsp3) is 0.529. The van der Waals surface area contributed by atoms with Gasteiger partial charge in [-0.15, -0.1) is 0 Å². The number of carbonyl (C=O) groups excluding carboxylic acids is 1. The summed E-state index contributed by atoms with van der Waals surface area (Å²) in [6, 6.07) is 3.09. The molecule has 1 N–H and O–H groups in total. The van der Waals surface area contributed by atoms with Crippen LogP contribution in [0.15, 0.2) is 16.6 Å². The summed E-state index contributed by atoms with van der Waals surface area (Å²) >= 11 is 3.19. The molecule has 2 atom stereocenters. The van der Waals surface area contributed by atoms with Crippen LogP contribution >= 0.6 is 15.9 Å². The van der Waals surface area contributed by atoms with E-state index in [9.17, 15) is 9.18 Å². The van der Waals surface area contributed by atoms with Crippen LogP contribution in [0.25, 0.3) is 11.0 Å². The molecule has 1 aliphatic heterocycles. The fourth-order valence-corrected chi connectivity index (χ4v) is 4.00. The lowest BCUT2D eigenvalue weighted by atomic mass is 10.2. The molecule has 7 heteroatoms. The van der Waals surface area contributed by atoms with E-state index >= 15 is 0 Å². The molecule has 1 aromatic carbocycles. The number of likely N-dealkylation sites (tertiary alicyclic amines) is 1. The highest BCUT2D eigenvalue weighted by Crippen LogP contribution is 2.62. The number of hydrogen-bond donors (Lipinski definition) is 1. The molecule has 5 nitrogen and oxygen atoms in total. The van der Waals surface area contributed by atoms with Gasteiger partial charge in [-0.2, -0.15) is 0 Å². The van der Waals surface area contributed by atoms with Gasteiger partial charge in [0.05, 0.1) is 15.5 Å². The van der Waals surface area contributed by atoms with Crippen molar-refractivity contribution in [2.45, 2.75) is 44.8 Å². The maximum atomic E-state index is 13.8. The number of aromatic nitrogens is 2. The van der Waals surface area contributed by atoms with E-state index in [4.69, 9.17) is 4.74 Å². The van der Waals surface area contributed by atoms with E-state index < -0.39 is 11.1 Å². The second-order valence-corrected chi connectivity index (χ2v) is 8.47. The Labute approximate surface area is 147 Å². The van der Waals surface area contributed by atoms with Crippen molar-refractivity contribution in [2.24, 2.45) is 5.92 Å². The normalized spacial score (nSPS) is 25.9. The van der Waals surface area contributed by atoms with Crippen LogP contribution in [0.5, 0.6) is 0 Å². The van der Waals surface area contributed by atoms with Crippen LogP contribution in [0, 0.1) is 11.7 Å². The molecule has 24 heavy (non-hydrogen) atoms. The van der Waals surface area contributed by atoms with Crippen molar-refractivity contribution in [2.75, 3.05) is 6.54 Å². The topological polar surface area (TPSA) is 58.2 Å². The van der Waals surface area contributed by atoms with Gasteiger partial charge in [0.25, 0.3) is 0 Å². The van der Waals surface area contributed by atoms with Crippen LogP contribution in [0.1, 0.15) is 39.4 Å². The Bertz CT molecular complexity index is 805. The number of carbonyl (C=O) groups is 1. The Balaban J connectivity index is 1.71. The summed E-state index contributed by atoms with van der Waals surface area (Å²) in [6.07, 6.45) is 1.50. The van der Waals surface area contributed by atoms with E-state index in [0.29, 0.717) is 28.0 Å². The average Bonchev–Trinajstić information content (AvgIpc) is 2.86. The zero-order valence-electron chi connectivity index (χ0n) is 13.8. The van der Waals surface area contributed by atoms with Crippen LogP contribution in [-0.4, -0.2) is 33.1 Å². The molecule has 0 radical (unpaired) electrons. The van der Waals surface area contributed by atoms with Gasteiger partial charge in [0.2, 0.25) is 0 Å². The van der Waals surface area contributed by atoms with Gasteiger partial charge in [0.15, 0.2) is 0 Å². The van der Waals surface area contributed by atoms with Gasteiger partial charge in [-0.3, -0.25) is 4.90 Å². The predicted molar refractivity (Wildman–Crippen MR) is 91.1 cm³/mol. The summed E-state index contributed by atoms with van der Waals surface area (Å²) in [4.78, 5) is 22.2. The SMILES string of the molecule is CC(C)(C)OC(=O)N1CC[C@@H]2C[C@@]21c1nc2cc(Br)c(F)cc2[nH]1. The fourth-order valence-electron chi connectivity index (χ4n) is 3.67. The molecular formula is C17H19BrFN3O2. The summed E-state index contributed by atoms with van der Waals surface area (Å²) in [5.41, 5.74) is 0.369. The maximum Gasteiger partial charge on any atom is 0.411 e. The highest BCUT2D eigenvalue weighted by atomic mass is 79.9. The second-order valence-electron chi connectivity index (χ2n) is 7.61. The first-order valence-corrected chi connectivity index (χ1v) is 8.86. The minimum atomic E-state index is -0.535. The van der Waals surface area contributed by atoms with Crippen molar-refractivity contribution >= 4 is 33.1 Å². The van der Waals surface area contributed by atoms with Crippen molar-refractivity contribution in [3.05, 3.63) is 28.2 Å². The average molecular weight is 396 g/mol. The van der Waals surface area contributed by atoms with E-state index in [1.165, 1.54) is 6.07 Å². The van der Waals surface area contributed by atoms with Gasteiger partial charge in [-0.05, 0) is 61.5 Å². The summed E-state index contributed by atoms with van der Waals surface area (Å²) in [7, 11) is 0. The van der Waals surface area contributed by atoms with Crippen molar-refractivity contribution in [3.8, 4) is 0 Å². The molecule has 128 valence electrons. The lowest BCUT2D eigenvalue weighted by Crippen LogP contribution is -2.42. The molecule has 0 spiro atoms. The minimum Gasteiger partial charge on any atom is -0.444 e. The van der Waals surface area contributed by atoms with E-state index in [1.54, 1.807) is 11.0 Å². The van der Waals surface area contributed by atoms with Crippen LogP contribution in [0.4, 0.5) is 9.18 Å². The summed E-state index contributed by atoms with van der Waals surface area (Å²) < 4.78 is 19.7. The second kappa shape index (κ2) is 4.94. The van der Waals surface area contributed by atoms with Gasteiger partial charge in [0, 0.05) is 12.6 Å². The number of ether oxygens (including phenoxy) is 1. The predicted octanol–water partition coefficient (Wildman–Crippen LogP) is 4.32. The molecule has 1 saturated carbocycles. The Morgan fingerprint density at radius 1 is 1.50 bits per heavy atom. The number of piperidine rings is 1. The van der Waals surface area contributed by atoms with Gasteiger partial charge in [-0.25, -0.2) is 14.2 Å². The number of imidazole rings is 1. The third-order valence-corrected chi connectivity index (χ3v) is 5.41. The van der Waals surface area contributed by atoms with E-state index in [-0.39, 0.29) is 11.9 Å². The van der Waals surface area contributed by atoms with E-state index in [0.717, 1.165) is 18.7 Å². The largest absolute Gasteiger partial charge is 0.444 e. The van der Waals surface area contributed by atoms with Crippen LogP contribution in [0.3, 0.4) is 0 Å². The Hall–Kier alpha value is -1.63. The van der Waals surface area contributed by atoms with Crippen molar-refractivity contribution in [1.29, 1.82) is 0 Å². The monoisotopic (exact) mass is 395 g/mol. The number of benzene rings is 1.